The van der Waals surface area contributed by atoms with Gasteiger partial charge in [0.25, 0.3) is 0 Å². The van der Waals surface area contributed by atoms with Crippen LogP contribution in [0.2, 0.25) is 0 Å². The maximum Gasteiger partial charge on any atom is 0.190 e. The molecule has 1 aromatic carbocycles. The predicted octanol–water partition coefficient (Wildman–Crippen LogP) is 3.33. The highest BCUT2D eigenvalue weighted by Gasteiger charge is 2.11. The molecule has 0 fully saturated rings. The molecule has 1 rings (SSSR count). The first-order valence-corrected chi connectivity index (χ1v) is 6.13. The van der Waals surface area contributed by atoms with Crippen molar-refractivity contribution in [2.24, 2.45) is 0 Å². The molecule has 0 aliphatic heterocycles. The van der Waals surface area contributed by atoms with Crippen molar-refractivity contribution in [3.05, 3.63) is 35.9 Å². The first-order valence-electron chi connectivity index (χ1n) is 4.62. The summed E-state index contributed by atoms with van der Waals surface area (Å²) in [6, 6.07) is 9.90. The van der Waals surface area contributed by atoms with E-state index in [1.165, 1.54) is 11.8 Å². The molecule has 0 aliphatic rings. The van der Waals surface area contributed by atoms with Crippen LogP contribution in [0.3, 0.4) is 0 Å². The molecule has 0 N–H and O–H groups in total. The Morgan fingerprint density at radius 3 is 2.64 bits per heavy atom. The molecule has 0 saturated carbocycles. The molecule has 14 heavy (non-hydrogen) atoms. The molecule has 0 spiro atoms. The van der Waals surface area contributed by atoms with E-state index in [-0.39, 0.29) is 10.4 Å². The molecule has 0 bridgehead atoms. The third kappa shape index (κ3) is 3.76. The van der Waals surface area contributed by atoms with E-state index >= 15 is 0 Å². The van der Waals surface area contributed by atoms with Gasteiger partial charge in [-0.15, -0.1) is 0 Å². The lowest BCUT2D eigenvalue weighted by Crippen LogP contribution is -1.98. The Hall–Kier alpha value is -0.410. The van der Waals surface area contributed by atoms with Crippen molar-refractivity contribution in [1.82, 2.24) is 0 Å². The van der Waals surface area contributed by atoms with Crippen LogP contribution < -0.4 is 0 Å². The maximum atomic E-state index is 11.3. The normalized spacial score (nSPS) is 12.4. The fraction of sp³-hybridized carbons (Fsp3) is 0.364. The largest absolute Gasteiger partial charge is 0.287 e. The molecule has 1 aromatic rings. The van der Waals surface area contributed by atoms with Crippen molar-refractivity contribution in [3.8, 4) is 0 Å². The molecule has 1 unspecified atom stereocenters. The number of thioether (sulfide) groups is 1. The first-order chi connectivity index (χ1) is 6.74. The summed E-state index contributed by atoms with van der Waals surface area (Å²) in [5.74, 6) is 0.841. The van der Waals surface area contributed by atoms with Gasteiger partial charge in [-0.25, -0.2) is 0 Å². The van der Waals surface area contributed by atoms with Crippen molar-refractivity contribution in [3.63, 3.8) is 0 Å². The summed E-state index contributed by atoms with van der Waals surface area (Å²) in [6.07, 6.45) is 0.506. The zero-order valence-electron chi connectivity index (χ0n) is 8.14. The van der Waals surface area contributed by atoms with E-state index < -0.39 is 0 Å². The molecular weight excluding hydrogens is 212 g/mol. The Morgan fingerprint density at radius 1 is 1.43 bits per heavy atom. The molecule has 0 heterocycles. The lowest BCUT2D eigenvalue weighted by atomic mass is 10.1. The van der Waals surface area contributed by atoms with Gasteiger partial charge in [0.15, 0.2) is 5.12 Å². The van der Waals surface area contributed by atoms with Gasteiger partial charge in [0.2, 0.25) is 0 Å². The lowest BCUT2D eigenvalue weighted by molar-refractivity contribution is -0.110. The van der Waals surface area contributed by atoms with Crippen LogP contribution in [0.4, 0.5) is 0 Å². The van der Waals surface area contributed by atoms with Crippen LogP contribution in [0.5, 0.6) is 0 Å². The molecule has 1 atom stereocenters. The molecule has 0 aromatic heterocycles. The summed E-state index contributed by atoms with van der Waals surface area (Å²) in [4.78, 5) is 11.3. The average Bonchev–Trinajstić information content (AvgIpc) is 2.19. The SMILES string of the molecule is CCSC(=O)CC(S)c1ccccc1. The zero-order valence-corrected chi connectivity index (χ0v) is 9.85. The second kappa shape index (κ2) is 6.14. The Kier molecular flexibility index (Phi) is 5.12. The second-order valence-electron chi connectivity index (χ2n) is 2.94. The van der Waals surface area contributed by atoms with Crippen LogP contribution in [0.1, 0.15) is 24.2 Å². The van der Waals surface area contributed by atoms with Gasteiger partial charge in [0.05, 0.1) is 0 Å². The monoisotopic (exact) mass is 226 g/mol. The van der Waals surface area contributed by atoms with Gasteiger partial charge in [-0.3, -0.25) is 4.79 Å². The Labute approximate surface area is 94.7 Å². The van der Waals surface area contributed by atoms with Gasteiger partial charge >= 0.3 is 0 Å². The van der Waals surface area contributed by atoms with Gasteiger partial charge < -0.3 is 0 Å². The molecule has 0 saturated heterocycles. The fourth-order valence-corrected chi connectivity index (χ4v) is 2.24. The van der Waals surface area contributed by atoms with Crippen molar-refractivity contribution in [2.75, 3.05) is 5.75 Å². The number of hydrogen-bond donors (Lipinski definition) is 1. The molecule has 3 heteroatoms. The van der Waals surface area contributed by atoms with Crippen LogP contribution in [0.15, 0.2) is 30.3 Å². The van der Waals surface area contributed by atoms with E-state index in [0.29, 0.717) is 6.42 Å². The van der Waals surface area contributed by atoms with E-state index in [0.717, 1.165) is 11.3 Å². The summed E-state index contributed by atoms with van der Waals surface area (Å²) < 4.78 is 0. The quantitative estimate of drug-likeness (QED) is 0.793. The molecule has 1 nitrogen and oxygen atoms in total. The standard InChI is InChI=1S/C11H14OS2/c1-2-14-11(12)8-10(13)9-6-4-3-5-7-9/h3-7,10,13H,2,8H2,1H3. The number of rotatable bonds is 4. The van der Waals surface area contributed by atoms with E-state index in [2.05, 4.69) is 12.6 Å². The van der Waals surface area contributed by atoms with Crippen LogP contribution >= 0.6 is 24.4 Å². The third-order valence-electron chi connectivity index (χ3n) is 1.85. The lowest BCUT2D eigenvalue weighted by Gasteiger charge is -2.08. The van der Waals surface area contributed by atoms with Crippen LogP contribution in [0, 0.1) is 0 Å². The predicted molar refractivity (Wildman–Crippen MR) is 65.9 cm³/mol. The first kappa shape index (κ1) is 11.7. The van der Waals surface area contributed by atoms with Crippen LogP contribution in [-0.4, -0.2) is 10.9 Å². The minimum Gasteiger partial charge on any atom is -0.287 e. The minimum absolute atomic E-state index is 0.0303. The molecular formula is C11H14OS2. The van der Waals surface area contributed by atoms with Crippen molar-refractivity contribution in [1.29, 1.82) is 0 Å². The summed E-state index contributed by atoms with van der Waals surface area (Å²) in [5, 5.41) is 0.249. The van der Waals surface area contributed by atoms with Gasteiger partial charge in [0, 0.05) is 11.7 Å². The van der Waals surface area contributed by atoms with Gasteiger partial charge in [0.1, 0.15) is 0 Å². The molecule has 76 valence electrons. The minimum atomic E-state index is 0.0303. The van der Waals surface area contributed by atoms with Gasteiger partial charge in [-0.2, -0.15) is 12.6 Å². The fourth-order valence-electron chi connectivity index (χ4n) is 1.17. The van der Waals surface area contributed by atoms with Crippen molar-refractivity contribution >= 4 is 29.5 Å². The summed E-state index contributed by atoms with van der Waals surface area (Å²) in [6.45, 7) is 1.98. The highest BCUT2D eigenvalue weighted by molar-refractivity contribution is 8.13. The molecule has 0 amide bonds. The average molecular weight is 226 g/mol. The second-order valence-corrected chi connectivity index (χ2v) is 4.88. The van der Waals surface area contributed by atoms with Crippen molar-refractivity contribution < 1.29 is 4.79 Å². The van der Waals surface area contributed by atoms with Crippen LogP contribution in [0.25, 0.3) is 0 Å². The van der Waals surface area contributed by atoms with E-state index in [1.54, 1.807) is 0 Å². The Balaban J connectivity index is 2.50. The number of carbonyl (C=O) groups excluding carboxylic acids is 1. The van der Waals surface area contributed by atoms with Crippen molar-refractivity contribution in [2.45, 2.75) is 18.6 Å². The van der Waals surface area contributed by atoms with E-state index in [9.17, 15) is 4.79 Å². The summed E-state index contributed by atoms with van der Waals surface area (Å²) >= 11 is 5.78. The number of carbonyl (C=O) groups is 1. The number of thiol groups is 1. The molecule has 0 aliphatic carbocycles. The van der Waals surface area contributed by atoms with E-state index in [4.69, 9.17) is 0 Å². The zero-order chi connectivity index (χ0) is 10.4. The highest BCUT2D eigenvalue weighted by Crippen LogP contribution is 2.25. The highest BCUT2D eigenvalue weighted by atomic mass is 32.2. The summed E-state index contributed by atoms with van der Waals surface area (Å²) in [7, 11) is 0. The summed E-state index contributed by atoms with van der Waals surface area (Å²) in [5.41, 5.74) is 1.11. The third-order valence-corrected chi connectivity index (χ3v) is 3.11. The Bertz CT molecular complexity index is 285. The van der Waals surface area contributed by atoms with Gasteiger partial charge in [-0.1, -0.05) is 49.0 Å². The topological polar surface area (TPSA) is 17.1 Å². The maximum absolute atomic E-state index is 11.3. The van der Waals surface area contributed by atoms with Crippen LogP contribution in [-0.2, 0) is 4.79 Å². The van der Waals surface area contributed by atoms with E-state index in [1.807, 2.05) is 37.3 Å². The molecule has 0 radical (unpaired) electrons. The smallest absolute Gasteiger partial charge is 0.190 e. The number of benzene rings is 1. The number of hydrogen-bond acceptors (Lipinski definition) is 3. The van der Waals surface area contributed by atoms with Gasteiger partial charge in [-0.05, 0) is 11.3 Å². The Morgan fingerprint density at radius 2 is 2.07 bits per heavy atom.